The van der Waals surface area contributed by atoms with Gasteiger partial charge in [-0.2, -0.15) is 0 Å². The standard InChI is InChI=1S/C23H30N2O2S/c1-17-5-6-18(2)21(14-17)22(26)7-8-23(27)24-15-19-9-11-25(12-10-19)16-20-4-3-13-28-20/h3-6,13-14,19H,7-12,15-16H2,1-2H3,(H,24,27). The van der Waals surface area contributed by atoms with E-state index in [0.717, 1.165) is 55.7 Å². The Balaban J connectivity index is 1.34. The highest BCUT2D eigenvalue weighted by Crippen LogP contribution is 2.20. The summed E-state index contributed by atoms with van der Waals surface area (Å²) < 4.78 is 0. The van der Waals surface area contributed by atoms with Crippen molar-refractivity contribution in [2.45, 2.75) is 46.1 Å². The second-order valence-electron chi connectivity index (χ2n) is 7.84. The van der Waals surface area contributed by atoms with Gasteiger partial charge in [-0.15, -0.1) is 11.3 Å². The second kappa shape index (κ2) is 9.99. The molecule has 2 aromatic rings. The highest BCUT2D eigenvalue weighted by Gasteiger charge is 2.20. The summed E-state index contributed by atoms with van der Waals surface area (Å²) in [5.74, 6) is 0.580. The third kappa shape index (κ3) is 6.01. The van der Waals surface area contributed by atoms with Crippen LogP contribution in [0.4, 0.5) is 0 Å². The SMILES string of the molecule is Cc1ccc(C)c(C(=O)CCC(=O)NCC2CCN(Cc3cccs3)CC2)c1. The third-order valence-corrected chi connectivity index (χ3v) is 6.39. The van der Waals surface area contributed by atoms with Gasteiger partial charge in [0.2, 0.25) is 5.91 Å². The molecule has 1 aromatic heterocycles. The molecular formula is C23H30N2O2S. The fourth-order valence-electron chi connectivity index (χ4n) is 3.72. The van der Waals surface area contributed by atoms with Gasteiger partial charge in [0, 0.05) is 36.4 Å². The number of Topliss-reactive ketones (excluding diaryl/α,β-unsaturated/α-hetero) is 1. The first-order valence-corrected chi connectivity index (χ1v) is 11.0. The number of piperidine rings is 1. The van der Waals surface area contributed by atoms with Crippen LogP contribution in [0, 0.1) is 19.8 Å². The van der Waals surface area contributed by atoms with Crippen LogP contribution in [0.15, 0.2) is 35.7 Å². The normalized spacial score (nSPS) is 15.5. The predicted octanol–water partition coefficient (Wildman–Crippen LogP) is 4.36. The molecule has 5 heteroatoms. The molecule has 2 heterocycles. The minimum absolute atomic E-state index is 0.0142. The molecule has 0 saturated carbocycles. The van der Waals surface area contributed by atoms with Gasteiger partial charge >= 0.3 is 0 Å². The molecule has 1 aliphatic rings. The highest BCUT2D eigenvalue weighted by molar-refractivity contribution is 7.09. The third-order valence-electron chi connectivity index (χ3n) is 5.53. The van der Waals surface area contributed by atoms with Crippen LogP contribution in [-0.2, 0) is 11.3 Å². The monoisotopic (exact) mass is 398 g/mol. The van der Waals surface area contributed by atoms with Gasteiger partial charge in [-0.05, 0) is 68.8 Å². The number of carbonyl (C=O) groups is 2. The zero-order valence-electron chi connectivity index (χ0n) is 16.9. The van der Waals surface area contributed by atoms with Crippen LogP contribution in [-0.4, -0.2) is 36.2 Å². The molecule has 4 nitrogen and oxygen atoms in total. The van der Waals surface area contributed by atoms with E-state index in [1.54, 1.807) is 0 Å². The number of amides is 1. The highest BCUT2D eigenvalue weighted by atomic mass is 32.1. The number of nitrogens with one attached hydrogen (secondary N) is 1. The van der Waals surface area contributed by atoms with E-state index in [1.165, 1.54) is 4.88 Å². The number of hydrogen-bond acceptors (Lipinski definition) is 4. The molecule has 150 valence electrons. The molecule has 28 heavy (non-hydrogen) atoms. The summed E-state index contributed by atoms with van der Waals surface area (Å²) in [4.78, 5) is 28.5. The zero-order valence-corrected chi connectivity index (χ0v) is 17.7. The summed E-state index contributed by atoms with van der Waals surface area (Å²) in [6, 6.07) is 10.2. The van der Waals surface area contributed by atoms with Gasteiger partial charge in [-0.1, -0.05) is 23.8 Å². The van der Waals surface area contributed by atoms with Crippen LogP contribution in [0.2, 0.25) is 0 Å². The number of benzene rings is 1. The van der Waals surface area contributed by atoms with Crippen molar-refractivity contribution in [1.29, 1.82) is 0 Å². The van der Waals surface area contributed by atoms with E-state index in [0.29, 0.717) is 5.92 Å². The summed E-state index contributed by atoms with van der Waals surface area (Å²) in [5, 5.41) is 5.17. The largest absolute Gasteiger partial charge is 0.356 e. The maximum atomic E-state index is 12.4. The average Bonchev–Trinajstić information content (AvgIpc) is 3.20. The Morgan fingerprint density at radius 1 is 1.14 bits per heavy atom. The lowest BCUT2D eigenvalue weighted by Gasteiger charge is -2.31. The second-order valence-corrected chi connectivity index (χ2v) is 8.88. The van der Waals surface area contributed by atoms with Gasteiger partial charge in [-0.25, -0.2) is 0 Å². The van der Waals surface area contributed by atoms with E-state index < -0.39 is 0 Å². The van der Waals surface area contributed by atoms with Gasteiger partial charge in [-0.3, -0.25) is 14.5 Å². The number of aryl methyl sites for hydroxylation is 2. The number of nitrogens with zero attached hydrogens (tertiary/aromatic N) is 1. The quantitative estimate of drug-likeness (QED) is 0.672. The fraction of sp³-hybridized carbons (Fsp3) is 0.478. The number of rotatable bonds is 8. The van der Waals surface area contributed by atoms with Crippen LogP contribution in [0.1, 0.15) is 52.0 Å². The van der Waals surface area contributed by atoms with Crippen LogP contribution < -0.4 is 5.32 Å². The Bertz CT molecular complexity index is 793. The van der Waals surface area contributed by atoms with Crippen LogP contribution >= 0.6 is 11.3 Å². The average molecular weight is 399 g/mol. The van der Waals surface area contributed by atoms with Gasteiger partial charge in [0.05, 0.1) is 0 Å². The summed E-state index contributed by atoms with van der Waals surface area (Å²) in [6.45, 7) is 7.86. The first kappa shape index (κ1) is 20.7. The molecule has 0 bridgehead atoms. The number of thiophene rings is 1. The summed E-state index contributed by atoms with van der Waals surface area (Å²) in [5.41, 5.74) is 2.79. The maximum absolute atomic E-state index is 12.4. The molecule has 3 rings (SSSR count). The molecule has 0 spiro atoms. The van der Waals surface area contributed by atoms with E-state index in [-0.39, 0.29) is 24.5 Å². The lowest BCUT2D eigenvalue weighted by molar-refractivity contribution is -0.121. The molecular weight excluding hydrogens is 368 g/mol. The van der Waals surface area contributed by atoms with Crippen LogP contribution in [0.3, 0.4) is 0 Å². The van der Waals surface area contributed by atoms with E-state index in [2.05, 4.69) is 27.7 Å². The van der Waals surface area contributed by atoms with Crippen molar-refractivity contribution >= 4 is 23.0 Å². The summed E-state index contributed by atoms with van der Waals surface area (Å²) >= 11 is 1.81. The molecule has 0 unspecified atom stereocenters. The maximum Gasteiger partial charge on any atom is 0.220 e. The number of carbonyl (C=O) groups excluding carboxylic acids is 2. The lowest BCUT2D eigenvalue weighted by atomic mass is 9.96. The van der Waals surface area contributed by atoms with Crippen LogP contribution in [0.25, 0.3) is 0 Å². The molecule has 0 radical (unpaired) electrons. The molecule has 1 aliphatic heterocycles. The first-order valence-electron chi connectivity index (χ1n) is 10.1. The summed E-state index contributed by atoms with van der Waals surface area (Å²) in [6.07, 6.45) is 2.78. The Labute approximate surface area is 172 Å². The number of likely N-dealkylation sites (tertiary alicyclic amines) is 1. The minimum atomic E-state index is -0.0142. The van der Waals surface area contributed by atoms with Gasteiger partial charge in [0.15, 0.2) is 5.78 Å². The van der Waals surface area contributed by atoms with Crippen molar-refractivity contribution in [2.75, 3.05) is 19.6 Å². The summed E-state index contributed by atoms with van der Waals surface area (Å²) in [7, 11) is 0. The molecule has 1 amide bonds. The molecule has 1 saturated heterocycles. The van der Waals surface area contributed by atoms with E-state index in [9.17, 15) is 9.59 Å². The number of ketones is 1. The van der Waals surface area contributed by atoms with E-state index >= 15 is 0 Å². The Hall–Kier alpha value is -1.98. The molecule has 1 aromatic carbocycles. The fourth-order valence-corrected chi connectivity index (χ4v) is 4.46. The van der Waals surface area contributed by atoms with Crippen molar-refractivity contribution in [3.8, 4) is 0 Å². The Morgan fingerprint density at radius 2 is 1.93 bits per heavy atom. The molecule has 0 atom stereocenters. The first-order chi connectivity index (χ1) is 13.5. The van der Waals surface area contributed by atoms with Gasteiger partial charge in [0.25, 0.3) is 0 Å². The van der Waals surface area contributed by atoms with Crippen molar-refractivity contribution in [3.63, 3.8) is 0 Å². The van der Waals surface area contributed by atoms with Gasteiger partial charge < -0.3 is 5.32 Å². The van der Waals surface area contributed by atoms with Crippen molar-refractivity contribution in [1.82, 2.24) is 10.2 Å². The smallest absolute Gasteiger partial charge is 0.220 e. The number of hydrogen-bond donors (Lipinski definition) is 1. The lowest BCUT2D eigenvalue weighted by Crippen LogP contribution is -2.38. The minimum Gasteiger partial charge on any atom is -0.356 e. The van der Waals surface area contributed by atoms with E-state index in [4.69, 9.17) is 0 Å². The van der Waals surface area contributed by atoms with Crippen molar-refractivity contribution in [3.05, 3.63) is 57.3 Å². The topological polar surface area (TPSA) is 49.4 Å². The molecule has 0 aliphatic carbocycles. The molecule has 1 N–H and O–H groups in total. The van der Waals surface area contributed by atoms with Crippen molar-refractivity contribution in [2.24, 2.45) is 5.92 Å². The van der Waals surface area contributed by atoms with E-state index in [1.807, 2.05) is 43.4 Å². The zero-order chi connectivity index (χ0) is 19.9. The van der Waals surface area contributed by atoms with Crippen LogP contribution in [0.5, 0.6) is 0 Å². The predicted molar refractivity (Wildman–Crippen MR) is 115 cm³/mol. The van der Waals surface area contributed by atoms with Gasteiger partial charge in [0.1, 0.15) is 0 Å². The Kier molecular flexibility index (Phi) is 7.40. The van der Waals surface area contributed by atoms with Crippen molar-refractivity contribution < 1.29 is 9.59 Å². The Morgan fingerprint density at radius 3 is 2.64 bits per heavy atom. The molecule has 1 fully saturated rings.